The number of carbonyl (C=O) groups is 1. The second-order valence-corrected chi connectivity index (χ2v) is 5.68. The fraction of sp³-hybridized carbons (Fsp3) is 0.600. The molecule has 0 bridgehead atoms. The van der Waals surface area contributed by atoms with Crippen LogP contribution in [-0.4, -0.2) is 23.0 Å². The van der Waals surface area contributed by atoms with E-state index in [-0.39, 0.29) is 11.4 Å². The number of rotatable bonds is 5. The molecule has 104 valence electrons. The van der Waals surface area contributed by atoms with E-state index in [1.54, 1.807) is 0 Å². The van der Waals surface area contributed by atoms with Crippen molar-refractivity contribution >= 4 is 11.7 Å². The molecule has 4 heteroatoms. The minimum Gasteiger partial charge on any atom is -0.370 e. The zero-order chi connectivity index (χ0) is 13.9. The van der Waals surface area contributed by atoms with Crippen molar-refractivity contribution in [3.8, 4) is 0 Å². The molecule has 0 saturated heterocycles. The van der Waals surface area contributed by atoms with Crippen LogP contribution in [0.15, 0.2) is 12.1 Å². The van der Waals surface area contributed by atoms with Gasteiger partial charge in [0, 0.05) is 23.3 Å². The molecule has 2 rings (SSSR count). The minimum atomic E-state index is -0.00866. The van der Waals surface area contributed by atoms with Gasteiger partial charge in [0.25, 0.3) is 5.91 Å². The number of anilines is 1. The Morgan fingerprint density at radius 1 is 1.42 bits per heavy atom. The molecule has 1 fully saturated rings. The molecule has 0 spiro atoms. The lowest BCUT2D eigenvalue weighted by molar-refractivity contribution is 0.0850. The molecule has 0 aromatic carbocycles. The van der Waals surface area contributed by atoms with Gasteiger partial charge in [0.1, 0.15) is 5.82 Å². The average Bonchev–Trinajstić information content (AvgIpc) is 2.33. The monoisotopic (exact) mass is 261 g/mol. The van der Waals surface area contributed by atoms with Crippen LogP contribution in [0.25, 0.3) is 0 Å². The lowest BCUT2D eigenvalue weighted by Crippen LogP contribution is -2.50. The van der Waals surface area contributed by atoms with Gasteiger partial charge in [-0.2, -0.15) is 0 Å². The molecule has 0 aliphatic heterocycles. The van der Waals surface area contributed by atoms with Crippen LogP contribution < -0.4 is 10.6 Å². The predicted octanol–water partition coefficient (Wildman–Crippen LogP) is 2.88. The van der Waals surface area contributed by atoms with Crippen molar-refractivity contribution in [3.63, 3.8) is 0 Å². The number of hydrogen-bond donors (Lipinski definition) is 2. The van der Waals surface area contributed by atoms with Gasteiger partial charge in [0.05, 0.1) is 0 Å². The highest BCUT2D eigenvalue weighted by Crippen LogP contribution is 2.31. The van der Waals surface area contributed by atoms with Crippen LogP contribution in [0, 0.1) is 6.92 Å². The van der Waals surface area contributed by atoms with Gasteiger partial charge in [-0.1, -0.05) is 6.92 Å². The van der Waals surface area contributed by atoms with Crippen LogP contribution in [0.4, 0.5) is 5.82 Å². The van der Waals surface area contributed by atoms with Crippen LogP contribution >= 0.6 is 0 Å². The summed E-state index contributed by atoms with van der Waals surface area (Å²) in [7, 11) is 0. The summed E-state index contributed by atoms with van der Waals surface area (Å²) in [4.78, 5) is 16.7. The summed E-state index contributed by atoms with van der Waals surface area (Å²) in [6, 6.07) is 3.68. The molecule has 0 unspecified atom stereocenters. The molecule has 2 N–H and O–H groups in total. The zero-order valence-corrected chi connectivity index (χ0v) is 12.0. The van der Waals surface area contributed by atoms with Crippen molar-refractivity contribution < 1.29 is 4.79 Å². The van der Waals surface area contributed by atoms with Gasteiger partial charge >= 0.3 is 0 Å². The molecule has 0 radical (unpaired) electrons. The zero-order valence-electron chi connectivity index (χ0n) is 12.0. The minimum absolute atomic E-state index is 0.00671. The standard InChI is InChI=1S/C15H23N3O/c1-4-8-16-13-10-12(9-11(2)17-13)14(19)18-15(3)6-5-7-15/h9-10H,4-8H2,1-3H3,(H,16,17)(H,18,19). The number of carbonyl (C=O) groups excluding carboxylic acids is 1. The summed E-state index contributed by atoms with van der Waals surface area (Å²) in [5, 5.41) is 6.36. The first-order valence-corrected chi connectivity index (χ1v) is 7.07. The van der Waals surface area contributed by atoms with Gasteiger partial charge in [-0.05, 0) is 51.7 Å². The number of pyridine rings is 1. The maximum atomic E-state index is 12.3. The van der Waals surface area contributed by atoms with Crippen molar-refractivity contribution in [2.45, 2.75) is 52.0 Å². The first-order chi connectivity index (χ1) is 9.02. The second kappa shape index (κ2) is 5.59. The third kappa shape index (κ3) is 3.46. The van der Waals surface area contributed by atoms with Crippen LogP contribution in [0.3, 0.4) is 0 Å². The van der Waals surface area contributed by atoms with Crippen molar-refractivity contribution in [1.29, 1.82) is 0 Å². The van der Waals surface area contributed by atoms with E-state index in [4.69, 9.17) is 0 Å². The Hall–Kier alpha value is -1.58. The second-order valence-electron chi connectivity index (χ2n) is 5.68. The lowest BCUT2D eigenvalue weighted by atomic mass is 9.78. The first-order valence-electron chi connectivity index (χ1n) is 7.07. The smallest absolute Gasteiger partial charge is 0.251 e. The third-order valence-corrected chi connectivity index (χ3v) is 3.64. The number of amides is 1. The Bertz CT molecular complexity index is 466. The highest BCUT2D eigenvalue weighted by molar-refractivity contribution is 5.95. The topological polar surface area (TPSA) is 54.0 Å². The van der Waals surface area contributed by atoms with Gasteiger partial charge < -0.3 is 10.6 Å². The Morgan fingerprint density at radius 2 is 2.16 bits per heavy atom. The highest BCUT2D eigenvalue weighted by atomic mass is 16.1. The maximum Gasteiger partial charge on any atom is 0.251 e. The summed E-state index contributed by atoms with van der Waals surface area (Å²) < 4.78 is 0. The lowest BCUT2D eigenvalue weighted by Gasteiger charge is -2.39. The fourth-order valence-electron chi connectivity index (χ4n) is 2.32. The van der Waals surface area contributed by atoms with Gasteiger partial charge in [-0.3, -0.25) is 4.79 Å². The number of aromatic nitrogens is 1. The SMILES string of the molecule is CCCNc1cc(C(=O)NC2(C)CCC2)cc(C)n1. The summed E-state index contributed by atoms with van der Waals surface area (Å²) in [5.41, 5.74) is 1.55. The van der Waals surface area contributed by atoms with E-state index in [0.29, 0.717) is 5.56 Å². The molecule has 1 aromatic heterocycles. The number of aryl methyl sites for hydroxylation is 1. The molecule has 1 aliphatic rings. The van der Waals surface area contributed by atoms with Crippen molar-refractivity contribution in [2.75, 3.05) is 11.9 Å². The van der Waals surface area contributed by atoms with E-state index >= 15 is 0 Å². The molecule has 0 atom stereocenters. The van der Waals surface area contributed by atoms with E-state index < -0.39 is 0 Å². The Kier molecular flexibility index (Phi) is 4.08. The molecule has 1 aliphatic carbocycles. The Balaban J connectivity index is 2.09. The van der Waals surface area contributed by atoms with Crippen molar-refractivity contribution in [2.24, 2.45) is 0 Å². The van der Waals surface area contributed by atoms with Crippen LogP contribution in [-0.2, 0) is 0 Å². The van der Waals surface area contributed by atoms with Gasteiger partial charge in [-0.15, -0.1) is 0 Å². The van der Waals surface area contributed by atoms with Gasteiger partial charge in [-0.25, -0.2) is 4.98 Å². The fourth-order valence-corrected chi connectivity index (χ4v) is 2.32. The highest BCUT2D eigenvalue weighted by Gasteiger charge is 2.33. The van der Waals surface area contributed by atoms with Gasteiger partial charge in [0.2, 0.25) is 0 Å². The summed E-state index contributed by atoms with van der Waals surface area (Å²) in [5.74, 6) is 0.790. The van der Waals surface area contributed by atoms with E-state index in [1.807, 2.05) is 19.1 Å². The third-order valence-electron chi connectivity index (χ3n) is 3.64. The summed E-state index contributed by atoms with van der Waals surface area (Å²) in [6.07, 6.45) is 4.39. The number of nitrogens with zero attached hydrogens (tertiary/aromatic N) is 1. The predicted molar refractivity (Wildman–Crippen MR) is 77.5 cm³/mol. The van der Waals surface area contributed by atoms with Crippen LogP contribution in [0.2, 0.25) is 0 Å². The quantitative estimate of drug-likeness (QED) is 0.857. The molecule has 1 aromatic rings. The van der Waals surface area contributed by atoms with Crippen molar-refractivity contribution in [3.05, 3.63) is 23.4 Å². The first kappa shape index (κ1) is 13.8. The van der Waals surface area contributed by atoms with E-state index in [2.05, 4.69) is 29.5 Å². The largest absolute Gasteiger partial charge is 0.370 e. The Labute approximate surface area is 115 Å². The molecule has 1 heterocycles. The molecule has 4 nitrogen and oxygen atoms in total. The maximum absolute atomic E-state index is 12.3. The molecule has 1 saturated carbocycles. The van der Waals surface area contributed by atoms with Crippen LogP contribution in [0.1, 0.15) is 55.6 Å². The van der Waals surface area contributed by atoms with E-state index in [1.165, 1.54) is 6.42 Å². The molecule has 1 amide bonds. The Morgan fingerprint density at radius 3 is 2.74 bits per heavy atom. The van der Waals surface area contributed by atoms with E-state index in [0.717, 1.165) is 37.3 Å². The normalized spacial score (nSPS) is 16.6. The molecular formula is C15H23N3O. The number of nitrogens with one attached hydrogen (secondary N) is 2. The van der Waals surface area contributed by atoms with E-state index in [9.17, 15) is 4.79 Å². The summed E-state index contributed by atoms with van der Waals surface area (Å²) >= 11 is 0. The summed E-state index contributed by atoms with van der Waals surface area (Å²) in [6.45, 7) is 7.00. The molecule has 19 heavy (non-hydrogen) atoms. The number of hydrogen-bond acceptors (Lipinski definition) is 3. The van der Waals surface area contributed by atoms with Crippen molar-refractivity contribution in [1.82, 2.24) is 10.3 Å². The average molecular weight is 261 g/mol. The van der Waals surface area contributed by atoms with Crippen LogP contribution in [0.5, 0.6) is 0 Å². The van der Waals surface area contributed by atoms with Gasteiger partial charge in [0.15, 0.2) is 0 Å². The molecular weight excluding hydrogens is 238 g/mol.